The molecule has 1 fully saturated rings. The average Bonchev–Trinajstić information content (AvgIpc) is 2.94. The molecule has 0 spiro atoms. The van der Waals surface area contributed by atoms with Gasteiger partial charge in [-0.3, -0.25) is 4.79 Å². The third-order valence-corrected chi connectivity index (χ3v) is 4.85. The molecule has 1 saturated heterocycles. The van der Waals surface area contributed by atoms with Crippen LogP contribution < -0.4 is 4.90 Å². The van der Waals surface area contributed by atoms with Crippen LogP contribution >= 0.6 is 11.3 Å². The molecule has 0 aliphatic carbocycles. The summed E-state index contributed by atoms with van der Waals surface area (Å²) in [5.41, 5.74) is 1.05. The summed E-state index contributed by atoms with van der Waals surface area (Å²) in [6, 6.07) is 0. The highest BCUT2D eigenvalue weighted by atomic mass is 32.1. The van der Waals surface area contributed by atoms with Crippen molar-refractivity contribution in [3.8, 4) is 0 Å². The summed E-state index contributed by atoms with van der Waals surface area (Å²) in [5, 5.41) is 21.4. The molecule has 1 aromatic rings. The minimum atomic E-state index is -0.736. The first-order valence-corrected chi connectivity index (χ1v) is 8.02. The van der Waals surface area contributed by atoms with Crippen LogP contribution in [0, 0.1) is 5.41 Å². The van der Waals surface area contributed by atoms with E-state index in [4.69, 9.17) is 5.11 Å². The Morgan fingerprint density at radius 2 is 2.33 bits per heavy atom. The number of aliphatic carboxylic acids is 1. The van der Waals surface area contributed by atoms with Gasteiger partial charge in [0.2, 0.25) is 0 Å². The largest absolute Gasteiger partial charge is 0.481 e. The molecule has 0 bridgehead atoms. The zero-order valence-electron chi connectivity index (χ0n) is 12.5. The fraction of sp³-hybridized carbons (Fsp3) is 0.600. The molecule has 116 valence electrons. The van der Waals surface area contributed by atoms with Gasteiger partial charge in [0.05, 0.1) is 17.7 Å². The van der Waals surface area contributed by atoms with Crippen molar-refractivity contribution in [1.29, 1.82) is 0 Å². The molecule has 2 N–H and O–H groups in total. The summed E-state index contributed by atoms with van der Waals surface area (Å²) in [6.45, 7) is 5.20. The van der Waals surface area contributed by atoms with E-state index in [1.165, 1.54) is 11.3 Å². The fourth-order valence-electron chi connectivity index (χ4n) is 2.64. The normalized spacial score (nSPS) is 22.1. The van der Waals surface area contributed by atoms with Gasteiger partial charge in [-0.1, -0.05) is 11.6 Å². The lowest BCUT2D eigenvalue weighted by Crippen LogP contribution is -2.47. The van der Waals surface area contributed by atoms with Crippen LogP contribution in [0.2, 0.25) is 0 Å². The molecular formula is C15H22N2O3S. The van der Waals surface area contributed by atoms with Crippen LogP contribution in [0.1, 0.15) is 38.8 Å². The summed E-state index contributed by atoms with van der Waals surface area (Å²) in [5.74, 6) is -0.733. The number of anilines is 1. The predicted molar refractivity (Wildman–Crippen MR) is 83.6 cm³/mol. The maximum atomic E-state index is 11.8. The van der Waals surface area contributed by atoms with Crippen LogP contribution in [-0.4, -0.2) is 34.3 Å². The zero-order chi connectivity index (χ0) is 15.5. The van der Waals surface area contributed by atoms with Crippen molar-refractivity contribution in [3.63, 3.8) is 0 Å². The second-order valence-corrected chi connectivity index (χ2v) is 6.71. The monoisotopic (exact) mass is 310 g/mol. The first kappa shape index (κ1) is 16.0. The maximum absolute atomic E-state index is 11.8. The molecule has 0 radical (unpaired) electrons. The van der Waals surface area contributed by atoms with Gasteiger partial charge in [0.15, 0.2) is 5.13 Å². The Bertz CT molecular complexity index is 537. The second kappa shape index (κ2) is 6.58. The third kappa shape index (κ3) is 3.63. The molecule has 0 amide bonds. The fourth-order valence-corrected chi connectivity index (χ4v) is 3.48. The molecule has 2 heterocycles. The van der Waals surface area contributed by atoms with Gasteiger partial charge in [0, 0.05) is 18.5 Å². The highest BCUT2D eigenvalue weighted by molar-refractivity contribution is 7.13. The molecule has 0 saturated carbocycles. The van der Waals surface area contributed by atoms with E-state index in [0.717, 1.165) is 23.7 Å². The molecule has 0 aromatic carbocycles. The molecule has 5 nitrogen and oxygen atoms in total. The number of hydrogen-bond donors (Lipinski definition) is 2. The van der Waals surface area contributed by atoms with E-state index in [9.17, 15) is 9.90 Å². The number of allylic oxidation sites excluding steroid dienone is 2. The van der Waals surface area contributed by atoms with Crippen LogP contribution in [0.4, 0.5) is 5.13 Å². The third-order valence-electron chi connectivity index (χ3n) is 3.90. The van der Waals surface area contributed by atoms with Crippen LogP contribution in [0.3, 0.4) is 0 Å². The van der Waals surface area contributed by atoms with E-state index in [1.807, 2.05) is 30.2 Å². The van der Waals surface area contributed by atoms with Crippen molar-refractivity contribution in [2.75, 3.05) is 18.0 Å². The SMILES string of the molecule is CC(C)=CC[C@]1(C(=O)O)CCCN(c2nc(CO)cs2)C1. The van der Waals surface area contributed by atoms with Crippen LogP contribution in [0.25, 0.3) is 0 Å². The van der Waals surface area contributed by atoms with Gasteiger partial charge >= 0.3 is 5.97 Å². The number of thiazole rings is 1. The van der Waals surface area contributed by atoms with Crippen molar-refractivity contribution in [2.45, 2.75) is 39.7 Å². The molecule has 1 aliphatic heterocycles. The molecule has 6 heteroatoms. The number of rotatable bonds is 5. The Hall–Kier alpha value is -1.40. The van der Waals surface area contributed by atoms with Gasteiger partial charge in [-0.25, -0.2) is 4.98 Å². The van der Waals surface area contributed by atoms with Crippen molar-refractivity contribution in [2.24, 2.45) is 5.41 Å². The minimum absolute atomic E-state index is 0.0772. The van der Waals surface area contributed by atoms with Gasteiger partial charge in [-0.05, 0) is 33.1 Å². The van der Waals surface area contributed by atoms with Crippen molar-refractivity contribution < 1.29 is 15.0 Å². The number of aliphatic hydroxyl groups is 1. The number of nitrogens with zero attached hydrogens (tertiary/aromatic N) is 2. The zero-order valence-corrected chi connectivity index (χ0v) is 13.3. The number of carboxylic acid groups (broad SMARTS) is 1. The number of hydrogen-bond acceptors (Lipinski definition) is 5. The standard InChI is InChI=1S/C15H22N2O3S/c1-11(2)4-6-15(13(19)20)5-3-7-17(10-15)14-16-12(8-18)9-21-14/h4,9,18H,3,5-8,10H2,1-2H3,(H,19,20)/t15-/m1/s1. The van der Waals surface area contributed by atoms with Crippen molar-refractivity contribution >= 4 is 22.4 Å². The van der Waals surface area contributed by atoms with E-state index in [-0.39, 0.29) is 6.61 Å². The molecule has 1 atom stereocenters. The summed E-state index contributed by atoms with van der Waals surface area (Å²) in [6.07, 6.45) is 4.11. The summed E-state index contributed by atoms with van der Waals surface area (Å²) in [4.78, 5) is 18.2. The molecule has 1 aromatic heterocycles. The van der Waals surface area contributed by atoms with Gasteiger partial charge in [-0.2, -0.15) is 0 Å². The van der Waals surface area contributed by atoms with Crippen LogP contribution in [0.5, 0.6) is 0 Å². The molecular weight excluding hydrogens is 288 g/mol. The molecule has 21 heavy (non-hydrogen) atoms. The number of piperidine rings is 1. The Morgan fingerprint density at radius 1 is 1.57 bits per heavy atom. The van der Waals surface area contributed by atoms with E-state index in [2.05, 4.69) is 4.98 Å². The second-order valence-electron chi connectivity index (χ2n) is 5.88. The summed E-state index contributed by atoms with van der Waals surface area (Å²) >= 11 is 1.46. The van der Waals surface area contributed by atoms with Gasteiger partial charge < -0.3 is 15.1 Å². The highest BCUT2D eigenvalue weighted by Gasteiger charge is 2.42. The Labute approximate surface area is 128 Å². The lowest BCUT2D eigenvalue weighted by Gasteiger charge is -2.39. The van der Waals surface area contributed by atoms with Crippen LogP contribution in [-0.2, 0) is 11.4 Å². The Balaban J connectivity index is 2.19. The smallest absolute Gasteiger partial charge is 0.311 e. The first-order chi connectivity index (χ1) is 9.97. The maximum Gasteiger partial charge on any atom is 0.311 e. The van der Waals surface area contributed by atoms with Gasteiger partial charge in [-0.15, -0.1) is 11.3 Å². The van der Waals surface area contributed by atoms with Crippen molar-refractivity contribution in [3.05, 3.63) is 22.7 Å². The number of carboxylic acids is 1. The topological polar surface area (TPSA) is 73.7 Å². The number of carbonyl (C=O) groups is 1. The number of aliphatic hydroxyl groups excluding tert-OH is 1. The van der Waals surface area contributed by atoms with Gasteiger partial charge in [0.25, 0.3) is 0 Å². The number of aromatic nitrogens is 1. The van der Waals surface area contributed by atoms with Gasteiger partial charge in [0.1, 0.15) is 0 Å². The molecule has 1 aliphatic rings. The van der Waals surface area contributed by atoms with Crippen LogP contribution in [0.15, 0.2) is 17.0 Å². The van der Waals surface area contributed by atoms with E-state index in [1.54, 1.807) is 0 Å². The van der Waals surface area contributed by atoms with E-state index in [0.29, 0.717) is 25.1 Å². The Kier molecular flexibility index (Phi) is 5.00. The Morgan fingerprint density at radius 3 is 2.90 bits per heavy atom. The average molecular weight is 310 g/mol. The van der Waals surface area contributed by atoms with E-state index < -0.39 is 11.4 Å². The van der Waals surface area contributed by atoms with Crippen molar-refractivity contribution in [1.82, 2.24) is 4.98 Å². The summed E-state index contributed by atoms with van der Waals surface area (Å²) in [7, 11) is 0. The minimum Gasteiger partial charge on any atom is -0.481 e. The summed E-state index contributed by atoms with van der Waals surface area (Å²) < 4.78 is 0. The quantitative estimate of drug-likeness (QED) is 0.818. The first-order valence-electron chi connectivity index (χ1n) is 7.14. The lowest BCUT2D eigenvalue weighted by molar-refractivity contribution is -0.149. The lowest BCUT2D eigenvalue weighted by atomic mass is 9.77. The van der Waals surface area contributed by atoms with E-state index >= 15 is 0 Å². The molecule has 0 unspecified atom stereocenters. The predicted octanol–water partition coefficient (Wildman–Crippen LogP) is 2.66. The highest BCUT2D eigenvalue weighted by Crippen LogP contribution is 2.37. The molecule has 2 rings (SSSR count).